The number of carbonyl (C=O) groups is 1. The molecule has 0 aromatic carbocycles. The van der Waals surface area contributed by atoms with Gasteiger partial charge in [0.05, 0.1) is 6.54 Å². The highest BCUT2D eigenvalue weighted by Crippen LogP contribution is 2.63. The fourth-order valence-corrected chi connectivity index (χ4v) is 6.83. The fraction of sp³-hybridized carbons (Fsp3) is 0.833. The molecule has 5 aliphatic rings. The second-order valence-electron chi connectivity index (χ2n) is 8.68. The van der Waals surface area contributed by atoms with Crippen LogP contribution in [0.2, 0.25) is 0 Å². The van der Waals surface area contributed by atoms with E-state index in [1.54, 1.807) is 0 Å². The van der Waals surface area contributed by atoms with Crippen LogP contribution in [-0.2, 0) is 16.8 Å². The summed E-state index contributed by atoms with van der Waals surface area (Å²) in [6.45, 7) is 1.26. The average molecular weight is 350 g/mol. The van der Waals surface area contributed by atoms with Gasteiger partial charge in [-0.15, -0.1) is 11.6 Å². The molecule has 4 aliphatic carbocycles. The number of piperidine rings is 1. The van der Waals surface area contributed by atoms with E-state index in [9.17, 15) is 4.79 Å². The topological polar surface area (TPSA) is 59.2 Å². The van der Waals surface area contributed by atoms with Crippen LogP contribution in [0.5, 0.6) is 0 Å². The highest BCUT2D eigenvalue weighted by atomic mass is 35.5. The van der Waals surface area contributed by atoms with Crippen molar-refractivity contribution < 1.29 is 9.32 Å². The molecular weight excluding hydrogens is 326 g/mol. The summed E-state index contributed by atoms with van der Waals surface area (Å²) >= 11 is 6.91. The highest BCUT2D eigenvalue weighted by Gasteiger charge is 2.59. The number of nitrogens with zero attached hydrogens (tertiary/aromatic N) is 3. The molecule has 6 heteroatoms. The lowest BCUT2D eigenvalue weighted by Crippen LogP contribution is -2.55. The molecule has 24 heavy (non-hydrogen) atoms. The van der Waals surface area contributed by atoms with E-state index in [1.807, 2.05) is 4.90 Å². The number of carbonyl (C=O) groups excluding carboxylic acids is 1. The number of likely N-dealkylation sites (tertiary alicyclic amines) is 1. The monoisotopic (exact) mass is 349 g/mol. The maximum atomic E-state index is 12.0. The van der Waals surface area contributed by atoms with Gasteiger partial charge in [-0.3, -0.25) is 4.79 Å². The van der Waals surface area contributed by atoms with Crippen LogP contribution < -0.4 is 0 Å². The standard InChI is InChI=1S/C18H24ClN3O2/c19-18-8-12-5-13(9-18)7-17(6-12,11-18)16-20-14(24-21-16)10-22-4-2-1-3-15(22)23/h12-13H,1-11H2. The van der Waals surface area contributed by atoms with Crippen molar-refractivity contribution >= 4 is 17.5 Å². The van der Waals surface area contributed by atoms with E-state index in [0.29, 0.717) is 18.9 Å². The first-order valence-electron chi connectivity index (χ1n) is 9.33. The van der Waals surface area contributed by atoms with Gasteiger partial charge >= 0.3 is 0 Å². The SMILES string of the molecule is O=C1CCCCN1Cc1nc(C23CC4CC(CC(Cl)(C4)C2)C3)no1. The Morgan fingerprint density at radius 2 is 2.00 bits per heavy atom. The summed E-state index contributed by atoms with van der Waals surface area (Å²) in [6, 6.07) is 0. The highest BCUT2D eigenvalue weighted by molar-refractivity contribution is 6.24. The molecule has 2 heterocycles. The number of rotatable bonds is 3. The summed E-state index contributed by atoms with van der Waals surface area (Å²) in [7, 11) is 0. The summed E-state index contributed by atoms with van der Waals surface area (Å²) < 4.78 is 5.54. The lowest BCUT2D eigenvalue weighted by atomic mass is 9.49. The molecule has 2 unspecified atom stereocenters. The summed E-state index contributed by atoms with van der Waals surface area (Å²) in [5, 5.41) is 4.35. The van der Waals surface area contributed by atoms with Gasteiger partial charge in [-0.1, -0.05) is 5.16 Å². The number of amides is 1. The summed E-state index contributed by atoms with van der Waals surface area (Å²) in [6.07, 6.45) is 9.62. The molecule has 5 fully saturated rings. The van der Waals surface area contributed by atoms with Crippen molar-refractivity contribution in [1.29, 1.82) is 0 Å². The van der Waals surface area contributed by atoms with E-state index >= 15 is 0 Å². The van der Waals surface area contributed by atoms with Crippen LogP contribution in [0, 0.1) is 11.8 Å². The van der Waals surface area contributed by atoms with E-state index in [4.69, 9.17) is 21.1 Å². The van der Waals surface area contributed by atoms with Crippen molar-refractivity contribution in [1.82, 2.24) is 15.0 Å². The van der Waals surface area contributed by atoms with Crippen LogP contribution >= 0.6 is 11.6 Å². The zero-order valence-corrected chi connectivity index (χ0v) is 14.7. The maximum Gasteiger partial charge on any atom is 0.246 e. The molecule has 0 spiro atoms. The van der Waals surface area contributed by atoms with Crippen molar-refractivity contribution in [3.05, 3.63) is 11.7 Å². The number of hydrogen-bond acceptors (Lipinski definition) is 4. The Labute approximate surface area is 147 Å². The largest absolute Gasteiger partial charge is 0.337 e. The zero-order chi connectivity index (χ0) is 16.4. The van der Waals surface area contributed by atoms with Gasteiger partial charge in [0.25, 0.3) is 0 Å². The Morgan fingerprint density at radius 1 is 1.21 bits per heavy atom. The molecule has 1 aromatic heterocycles. The molecule has 2 atom stereocenters. The third-order valence-electron chi connectivity index (χ3n) is 6.68. The van der Waals surface area contributed by atoms with Crippen molar-refractivity contribution in [3.8, 4) is 0 Å². The van der Waals surface area contributed by atoms with Crippen molar-refractivity contribution in [2.45, 2.75) is 74.6 Å². The molecule has 4 saturated carbocycles. The lowest BCUT2D eigenvalue weighted by molar-refractivity contribution is -0.134. The van der Waals surface area contributed by atoms with Crippen LogP contribution in [0.3, 0.4) is 0 Å². The van der Waals surface area contributed by atoms with Crippen LogP contribution in [0.4, 0.5) is 0 Å². The summed E-state index contributed by atoms with van der Waals surface area (Å²) in [5.41, 5.74) is 0.0134. The van der Waals surface area contributed by atoms with E-state index in [2.05, 4.69) is 5.16 Å². The summed E-state index contributed by atoms with van der Waals surface area (Å²) in [4.78, 5) is 18.5. The Morgan fingerprint density at radius 3 is 2.71 bits per heavy atom. The molecule has 1 saturated heterocycles. The minimum atomic E-state index is -0.0479. The molecule has 1 aliphatic heterocycles. The van der Waals surface area contributed by atoms with Gasteiger partial charge in [0.2, 0.25) is 11.8 Å². The molecule has 1 amide bonds. The van der Waals surface area contributed by atoms with Crippen LogP contribution in [-0.4, -0.2) is 32.4 Å². The smallest absolute Gasteiger partial charge is 0.246 e. The van der Waals surface area contributed by atoms with E-state index in [-0.39, 0.29) is 16.2 Å². The van der Waals surface area contributed by atoms with E-state index < -0.39 is 0 Å². The van der Waals surface area contributed by atoms with Gasteiger partial charge in [-0.25, -0.2) is 0 Å². The fourth-order valence-electron chi connectivity index (χ4n) is 6.14. The Hall–Kier alpha value is -1.10. The maximum absolute atomic E-state index is 12.0. The third-order valence-corrected chi connectivity index (χ3v) is 7.12. The van der Waals surface area contributed by atoms with Gasteiger partial charge < -0.3 is 9.42 Å². The predicted octanol–water partition coefficient (Wildman–Crippen LogP) is 3.41. The molecule has 1 aromatic rings. The molecule has 0 radical (unpaired) electrons. The van der Waals surface area contributed by atoms with Crippen LogP contribution in [0.25, 0.3) is 0 Å². The molecule has 6 rings (SSSR count). The number of alkyl halides is 1. The predicted molar refractivity (Wildman–Crippen MR) is 88.5 cm³/mol. The molecular formula is C18H24ClN3O2. The van der Waals surface area contributed by atoms with Crippen molar-refractivity contribution in [2.24, 2.45) is 11.8 Å². The quantitative estimate of drug-likeness (QED) is 0.784. The van der Waals surface area contributed by atoms with Crippen LogP contribution in [0.1, 0.15) is 69.5 Å². The normalized spacial score (nSPS) is 41.2. The van der Waals surface area contributed by atoms with Gasteiger partial charge in [-0.05, 0) is 63.2 Å². The molecule has 130 valence electrons. The van der Waals surface area contributed by atoms with Gasteiger partial charge in [-0.2, -0.15) is 4.98 Å². The minimum Gasteiger partial charge on any atom is -0.337 e. The number of aromatic nitrogens is 2. The summed E-state index contributed by atoms with van der Waals surface area (Å²) in [5.74, 6) is 3.07. The second kappa shape index (κ2) is 5.20. The molecule has 5 nitrogen and oxygen atoms in total. The van der Waals surface area contributed by atoms with Crippen molar-refractivity contribution in [2.75, 3.05) is 6.54 Å². The van der Waals surface area contributed by atoms with Crippen LogP contribution in [0.15, 0.2) is 4.52 Å². The van der Waals surface area contributed by atoms with Gasteiger partial charge in [0, 0.05) is 23.3 Å². The van der Waals surface area contributed by atoms with Crippen molar-refractivity contribution in [3.63, 3.8) is 0 Å². The zero-order valence-electron chi connectivity index (χ0n) is 14.0. The first kappa shape index (κ1) is 15.2. The number of halogens is 1. The molecule has 4 bridgehead atoms. The van der Waals surface area contributed by atoms with Gasteiger partial charge in [0.15, 0.2) is 5.82 Å². The Kier molecular flexibility index (Phi) is 3.29. The van der Waals surface area contributed by atoms with E-state index in [1.165, 1.54) is 6.42 Å². The Bertz CT molecular complexity index is 659. The second-order valence-corrected chi connectivity index (χ2v) is 9.48. The number of hydrogen-bond donors (Lipinski definition) is 0. The lowest BCUT2D eigenvalue weighted by Gasteiger charge is -2.58. The first-order valence-corrected chi connectivity index (χ1v) is 9.71. The Balaban J connectivity index is 1.38. The average Bonchev–Trinajstić information content (AvgIpc) is 2.96. The van der Waals surface area contributed by atoms with Gasteiger partial charge in [0.1, 0.15) is 0 Å². The third kappa shape index (κ3) is 2.39. The van der Waals surface area contributed by atoms with E-state index in [0.717, 1.165) is 69.2 Å². The first-order chi connectivity index (χ1) is 11.5. The minimum absolute atomic E-state index is 0.0134. The molecule has 0 N–H and O–H groups in total.